The van der Waals surface area contributed by atoms with E-state index in [1.807, 2.05) is 12.1 Å². The van der Waals surface area contributed by atoms with E-state index in [2.05, 4.69) is 23.5 Å². The minimum atomic E-state index is -4.76. The molecule has 0 radical (unpaired) electrons. The molecule has 1 aliphatic rings. The van der Waals surface area contributed by atoms with Crippen molar-refractivity contribution >= 4 is 0 Å². The van der Waals surface area contributed by atoms with E-state index in [4.69, 9.17) is 0 Å². The van der Waals surface area contributed by atoms with Crippen molar-refractivity contribution in [3.8, 4) is 17.6 Å². The Morgan fingerprint density at radius 3 is 2.37 bits per heavy atom. The third kappa shape index (κ3) is 6.42. The van der Waals surface area contributed by atoms with E-state index in [0.717, 1.165) is 54.5 Å². The predicted molar refractivity (Wildman–Crippen MR) is 125 cm³/mol. The van der Waals surface area contributed by atoms with Gasteiger partial charge in [0.15, 0.2) is 0 Å². The van der Waals surface area contributed by atoms with Gasteiger partial charge in [-0.25, -0.2) is 8.78 Å². The number of aryl methyl sites for hydroxylation is 2. The molecule has 0 bridgehead atoms. The van der Waals surface area contributed by atoms with Gasteiger partial charge < -0.3 is 4.74 Å². The van der Waals surface area contributed by atoms with E-state index in [1.54, 1.807) is 12.1 Å². The average molecular weight is 485 g/mol. The van der Waals surface area contributed by atoms with E-state index in [0.29, 0.717) is 24.0 Å². The monoisotopic (exact) mass is 484 g/mol. The van der Waals surface area contributed by atoms with Gasteiger partial charge in [-0.2, -0.15) is 0 Å². The minimum Gasteiger partial charge on any atom is -0.406 e. The summed E-state index contributed by atoms with van der Waals surface area (Å²) in [6.07, 6.45) is 0.199. The molecule has 3 aromatic carbocycles. The number of ether oxygens (including phenoxy) is 1. The number of fused-ring (bicyclic) bond motifs is 1. The highest BCUT2D eigenvalue weighted by Gasteiger charge is 2.31. The van der Waals surface area contributed by atoms with Gasteiger partial charge in [-0.15, -0.1) is 13.2 Å². The number of hydrogen-bond acceptors (Lipinski definition) is 1. The van der Waals surface area contributed by atoms with E-state index < -0.39 is 12.2 Å². The molecular formula is C29H25F5O. The number of unbranched alkanes of at least 4 members (excludes halogenated alkanes) is 1. The van der Waals surface area contributed by atoms with Crippen LogP contribution in [0.1, 0.15) is 65.5 Å². The summed E-state index contributed by atoms with van der Waals surface area (Å²) in [6, 6.07) is 13.8. The molecule has 1 nitrogen and oxygen atoms in total. The molecule has 1 atom stereocenters. The molecule has 0 N–H and O–H groups in total. The van der Waals surface area contributed by atoms with Gasteiger partial charge >= 0.3 is 6.36 Å². The Balaban J connectivity index is 1.48. The van der Waals surface area contributed by atoms with Crippen molar-refractivity contribution in [1.82, 2.24) is 0 Å². The van der Waals surface area contributed by atoms with Crippen molar-refractivity contribution in [3.05, 3.63) is 99.6 Å². The summed E-state index contributed by atoms with van der Waals surface area (Å²) >= 11 is 0. The number of alkyl halides is 3. The molecule has 0 heterocycles. The maximum absolute atomic E-state index is 14.8. The Hall–Kier alpha value is -3.33. The summed E-state index contributed by atoms with van der Waals surface area (Å²) < 4.78 is 70.3. The molecule has 6 heteroatoms. The second-order valence-electron chi connectivity index (χ2n) is 8.82. The second-order valence-corrected chi connectivity index (χ2v) is 8.82. The van der Waals surface area contributed by atoms with Gasteiger partial charge in [-0.05, 0) is 103 Å². The summed E-state index contributed by atoms with van der Waals surface area (Å²) in [6.45, 7) is 2.11. The van der Waals surface area contributed by atoms with E-state index in [9.17, 15) is 22.0 Å². The molecule has 3 aromatic rings. The Labute approximate surface area is 201 Å². The molecule has 0 spiro atoms. The Bertz CT molecular complexity index is 1250. The lowest BCUT2D eigenvalue weighted by Gasteiger charge is -2.26. The van der Waals surface area contributed by atoms with Gasteiger partial charge in [-0.3, -0.25) is 0 Å². The standard InChI is InChI=1S/C29H25F5O/c1-2-3-4-20-8-14-26(28(31)15-20)22-11-10-21-16-23(27(30)18-24(21)17-22)9-5-19-6-12-25(13-7-19)35-29(32,33)34/h6-8,12-16,18,22H,2-4,10-11,17H2,1H3. The van der Waals surface area contributed by atoms with Crippen LogP contribution in [-0.2, 0) is 19.3 Å². The Kier molecular flexibility index (Phi) is 7.45. The van der Waals surface area contributed by atoms with Crippen LogP contribution < -0.4 is 4.74 Å². The highest BCUT2D eigenvalue weighted by molar-refractivity contribution is 5.48. The maximum Gasteiger partial charge on any atom is 0.573 e. The largest absolute Gasteiger partial charge is 0.573 e. The predicted octanol–water partition coefficient (Wildman–Crippen LogP) is 7.88. The van der Waals surface area contributed by atoms with Crippen molar-refractivity contribution < 1.29 is 26.7 Å². The molecule has 0 fully saturated rings. The molecule has 182 valence electrons. The fraction of sp³-hybridized carbons (Fsp3) is 0.310. The van der Waals surface area contributed by atoms with Gasteiger partial charge in [-0.1, -0.05) is 37.3 Å². The quantitative estimate of drug-likeness (QED) is 0.264. The summed E-state index contributed by atoms with van der Waals surface area (Å²) in [4.78, 5) is 0. The highest BCUT2D eigenvalue weighted by atomic mass is 19.4. The summed E-state index contributed by atoms with van der Waals surface area (Å²) in [7, 11) is 0. The maximum atomic E-state index is 14.8. The molecule has 0 aromatic heterocycles. The van der Waals surface area contributed by atoms with Crippen LogP contribution >= 0.6 is 0 Å². The molecule has 35 heavy (non-hydrogen) atoms. The normalized spacial score (nSPS) is 15.2. The fourth-order valence-electron chi connectivity index (χ4n) is 4.46. The molecule has 1 unspecified atom stereocenters. The fourth-order valence-corrected chi connectivity index (χ4v) is 4.46. The molecule has 0 saturated heterocycles. The van der Waals surface area contributed by atoms with Crippen molar-refractivity contribution in [2.24, 2.45) is 0 Å². The molecule has 0 aliphatic heterocycles. The third-order valence-corrected chi connectivity index (χ3v) is 6.27. The molecular weight excluding hydrogens is 459 g/mol. The zero-order valence-electron chi connectivity index (χ0n) is 19.3. The zero-order chi connectivity index (χ0) is 25.0. The van der Waals surface area contributed by atoms with Gasteiger partial charge in [0.25, 0.3) is 0 Å². The van der Waals surface area contributed by atoms with Gasteiger partial charge in [0.2, 0.25) is 0 Å². The summed E-state index contributed by atoms with van der Waals surface area (Å²) in [5.41, 5.74) is 4.19. The topological polar surface area (TPSA) is 9.23 Å². The minimum absolute atomic E-state index is 0.00325. The van der Waals surface area contributed by atoms with Crippen LogP contribution in [0.3, 0.4) is 0 Å². The van der Waals surface area contributed by atoms with E-state index >= 15 is 0 Å². The number of halogens is 5. The number of benzene rings is 3. The Morgan fingerprint density at radius 2 is 1.69 bits per heavy atom. The van der Waals surface area contributed by atoms with Gasteiger partial charge in [0.05, 0.1) is 5.56 Å². The number of rotatable bonds is 5. The van der Waals surface area contributed by atoms with Crippen LogP contribution in [0.2, 0.25) is 0 Å². The SMILES string of the molecule is CCCCc1ccc(C2CCc3cc(C#Cc4ccc(OC(F)(F)F)cc4)c(F)cc3C2)c(F)c1. The van der Waals surface area contributed by atoms with E-state index in [1.165, 1.54) is 18.2 Å². The average Bonchev–Trinajstić information content (AvgIpc) is 2.81. The molecule has 0 amide bonds. The Morgan fingerprint density at radius 1 is 0.914 bits per heavy atom. The van der Waals surface area contributed by atoms with Crippen molar-refractivity contribution in [2.75, 3.05) is 0 Å². The first-order valence-corrected chi connectivity index (χ1v) is 11.7. The highest BCUT2D eigenvalue weighted by Crippen LogP contribution is 2.35. The second kappa shape index (κ2) is 10.5. The van der Waals surface area contributed by atoms with Crippen LogP contribution in [-0.4, -0.2) is 6.36 Å². The van der Waals surface area contributed by atoms with Gasteiger partial charge in [0, 0.05) is 5.56 Å². The molecule has 0 saturated carbocycles. The third-order valence-electron chi connectivity index (χ3n) is 6.27. The lowest BCUT2D eigenvalue weighted by Crippen LogP contribution is -2.16. The van der Waals surface area contributed by atoms with Crippen LogP contribution in [0, 0.1) is 23.5 Å². The van der Waals surface area contributed by atoms with E-state index in [-0.39, 0.29) is 23.0 Å². The number of hydrogen-bond donors (Lipinski definition) is 0. The van der Waals surface area contributed by atoms with Crippen LogP contribution in [0.15, 0.2) is 54.6 Å². The zero-order valence-corrected chi connectivity index (χ0v) is 19.3. The van der Waals surface area contributed by atoms with Crippen molar-refractivity contribution in [2.45, 2.75) is 57.7 Å². The molecule has 4 rings (SSSR count). The smallest absolute Gasteiger partial charge is 0.406 e. The first-order valence-electron chi connectivity index (χ1n) is 11.7. The van der Waals surface area contributed by atoms with Crippen molar-refractivity contribution in [3.63, 3.8) is 0 Å². The van der Waals surface area contributed by atoms with Crippen LogP contribution in [0.4, 0.5) is 22.0 Å². The van der Waals surface area contributed by atoms with Crippen molar-refractivity contribution in [1.29, 1.82) is 0 Å². The first-order chi connectivity index (χ1) is 16.7. The van der Waals surface area contributed by atoms with Crippen LogP contribution in [0.5, 0.6) is 5.75 Å². The molecule has 1 aliphatic carbocycles. The lowest BCUT2D eigenvalue weighted by atomic mass is 9.79. The van der Waals surface area contributed by atoms with Gasteiger partial charge in [0.1, 0.15) is 17.4 Å². The van der Waals surface area contributed by atoms with Crippen LogP contribution in [0.25, 0.3) is 0 Å². The first kappa shape index (κ1) is 24.8. The summed E-state index contributed by atoms with van der Waals surface area (Å²) in [5, 5.41) is 0. The lowest BCUT2D eigenvalue weighted by molar-refractivity contribution is -0.274. The summed E-state index contributed by atoms with van der Waals surface area (Å²) in [5.74, 6) is 4.55.